The van der Waals surface area contributed by atoms with Crippen molar-refractivity contribution in [2.24, 2.45) is 0 Å². The van der Waals surface area contributed by atoms with Gasteiger partial charge in [-0.1, -0.05) is 0 Å². The molecule has 2 rings (SSSR count). The van der Waals surface area contributed by atoms with Gasteiger partial charge in [0.1, 0.15) is 30.2 Å². The molecule has 0 spiro atoms. The van der Waals surface area contributed by atoms with E-state index in [1.54, 1.807) is 0 Å². The van der Waals surface area contributed by atoms with Crippen molar-refractivity contribution in [2.45, 2.75) is 31.0 Å². The van der Waals surface area contributed by atoms with E-state index in [-0.39, 0.29) is 12.4 Å². The molecule has 1 aliphatic heterocycles. The van der Waals surface area contributed by atoms with Crippen LogP contribution in [0.2, 0.25) is 0 Å². The first-order chi connectivity index (χ1) is 8.52. The van der Waals surface area contributed by atoms with Crippen molar-refractivity contribution in [1.29, 1.82) is 0 Å². The number of nitrogen functional groups attached to an aromatic ring is 1. The van der Waals surface area contributed by atoms with E-state index < -0.39 is 36.7 Å². The second-order valence-corrected chi connectivity index (χ2v) is 4.16. The predicted octanol–water partition coefficient (Wildman–Crippen LogP) is -2.69. The zero-order valence-corrected chi connectivity index (χ0v) is 9.51. The van der Waals surface area contributed by atoms with E-state index in [1.165, 1.54) is 16.8 Å². The summed E-state index contributed by atoms with van der Waals surface area (Å²) < 4.78 is 6.47. The molecule has 5 N–H and O–H groups in total. The van der Waals surface area contributed by atoms with Gasteiger partial charge in [0.15, 0.2) is 0 Å². The van der Waals surface area contributed by atoms with Crippen molar-refractivity contribution in [2.75, 3.05) is 12.3 Å². The summed E-state index contributed by atoms with van der Waals surface area (Å²) in [5, 5.41) is 28.2. The molecule has 1 aromatic rings. The van der Waals surface area contributed by atoms with Gasteiger partial charge in [-0.25, -0.2) is 4.79 Å². The molecule has 2 heterocycles. The Morgan fingerprint density at radius 1 is 1.39 bits per heavy atom. The monoisotopic (exact) mass is 257 g/mol. The van der Waals surface area contributed by atoms with Crippen LogP contribution in [0, 0.1) is 0 Å². The van der Waals surface area contributed by atoms with E-state index in [0.29, 0.717) is 0 Å². The van der Waals surface area contributed by atoms with Crippen LogP contribution in [-0.2, 0) is 11.3 Å². The molecule has 1 fully saturated rings. The number of ether oxygens (including phenoxy) is 1. The Morgan fingerprint density at radius 3 is 2.61 bits per heavy atom. The molecule has 8 heteroatoms. The maximum absolute atomic E-state index is 11.5. The van der Waals surface area contributed by atoms with E-state index in [4.69, 9.17) is 15.6 Å². The second-order valence-electron chi connectivity index (χ2n) is 4.16. The normalized spacial score (nSPS) is 31.7. The van der Waals surface area contributed by atoms with Gasteiger partial charge in [-0.15, -0.1) is 0 Å². The average molecular weight is 257 g/mol. The number of aliphatic hydroxyl groups excluding tert-OH is 3. The van der Waals surface area contributed by atoms with Crippen molar-refractivity contribution >= 4 is 5.82 Å². The molecule has 8 nitrogen and oxygen atoms in total. The Balaban J connectivity index is 2.13. The Kier molecular flexibility index (Phi) is 3.62. The SMILES string of the molecule is Nc1ccn(C[C@H]2O[C@H](CO)[C@@H](O)[C@@H]2O)c(=O)n1. The summed E-state index contributed by atoms with van der Waals surface area (Å²) in [5.41, 5.74) is 4.79. The van der Waals surface area contributed by atoms with Gasteiger partial charge in [-0.2, -0.15) is 4.98 Å². The molecule has 100 valence electrons. The zero-order chi connectivity index (χ0) is 13.3. The second kappa shape index (κ2) is 5.02. The first kappa shape index (κ1) is 13.0. The fourth-order valence-corrected chi connectivity index (χ4v) is 1.90. The van der Waals surface area contributed by atoms with Crippen molar-refractivity contribution < 1.29 is 20.1 Å². The number of rotatable bonds is 3. The van der Waals surface area contributed by atoms with Crippen molar-refractivity contribution in [3.05, 3.63) is 22.7 Å². The molecule has 0 radical (unpaired) electrons. The number of aliphatic hydroxyl groups is 3. The third-order valence-electron chi connectivity index (χ3n) is 2.91. The van der Waals surface area contributed by atoms with E-state index in [1.807, 2.05) is 0 Å². The highest BCUT2D eigenvalue weighted by atomic mass is 16.6. The van der Waals surface area contributed by atoms with Crippen LogP contribution in [0.3, 0.4) is 0 Å². The molecular weight excluding hydrogens is 242 g/mol. The smallest absolute Gasteiger partial charge is 0.349 e. The highest BCUT2D eigenvalue weighted by Crippen LogP contribution is 2.21. The van der Waals surface area contributed by atoms with Crippen LogP contribution in [0.5, 0.6) is 0 Å². The molecular formula is C10H15N3O5. The minimum Gasteiger partial charge on any atom is -0.394 e. The third kappa shape index (κ3) is 2.36. The van der Waals surface area contributed by atoms with Gasteiger partial charge in [0, 0.05) is 6.20 Å². The molecule has 0 saturated carbocycles. The quantitative estimate of drug-likeness (QED) is 0.463. The standard InChI is InChI=1S/C10H15N3O5/c11-7-1-2-13(10(17)12-7)3-5-8(15)9(16)6(4-14)18-5/h1-2,5-6,8-9,14-16H,3-4H2,(H2,11,12,17)/t5-,6-,8-,9-/m1/s1. The van der Waals surface area contributed by atoms with Gasteiger partial charge in [0.2, 0.25) is 0 Å². The van der Waals surface area contributed by atoms with Gasteiger partial charge >= 0.3 is 5.69 Å². The molecule has 0 aromatic carbocycles. The largest absolute Gasteiger partial charge is 0.394 e. The summed E-state index contributed by atoms with van der Waals surface area (Å²) in [7, 11) is 0. The molecule has 0 aliphatic carbocycles. The van der Waals surface area contributed by atoms with Crippen LogP contribution in [0.4, 0.5) is 5.82 Å². The highest BCUT2D eigenvalue weighted by molar-refractivity contribution is 5.23. The van der Waals surface area contributed by atoms with Crippen LogP contribution in [0.1, 0.15) is 0 Å². The Hall–Kier alpha value is -1.48. The number of nitrogens with zero attached hydrogens (tertiary/aromatic N) is 2. The zero-order valence-electron chi connectivity index (χ0n) is 9.51. The lowest BCUT2D eigenvalue weighted by molar-refractivity contribution is -0.0269. The maximum atomic E-state index is 11.5. The number of anilines is 1. The van der Waals surface area contributed by atoms with E-state index in [2.05, 4.69) is 4.98 Å². The molecule has 18 heavy (non-hydrogen) atoms. The van der Waals surface area contributed by atoms with Gasteiger partial charge in [0.05, 0.1) is 13.2 Å². The molecule has 4 atom stereocenters. The number of aromatic nitrogens is 2. The Morgan fingerprint density at radius 2 is 2.06 bits per heavy atom. The summed E-state index contributed by atoms with van der Waals surface area (Å²) in [4.78, 5) is 15.0. The van der Waals surface area contributed by atoms with Gasteiger partial charge in [-0.3, -0.25) is 4.57 Å². The van der Waals surface area contributed by atoms with Crippen LogP contribution in [0.15, 0.2) is 17.1 Å². The summed E-state index contributed by atoms with van der Waals surface area (Å²) in [5.74, 6) is 0.109. The summed E-state index contributed by atoms with van der Waals surface area (Å²) in [6.07, 6.45) is -2.52. The lowest BCUT2D eigenvalue weighted by atomic mass is 10.1. The van der Waals surface area contributed by atoms with Gasteiger partial charge in [0.25, 0.3) is 0 Å². The molecule has 0 amide bonds. The Labute approximate surface area is 102 Å². The number of hydrogen-bond acceptors (Lipinski definition) is 7. The Bertz CT molecular complexity index is 477. The van der Waals surface area contributed by atoms with E-state index >= 15 is 0 Å². The molecule has 1 aromatic heterocycles. The highest BCUT2D eigenvalue weighted by Gasteiger charge is 2.42. The predicted molar refractivity (Wildman–Crippen MR) is 60.7 cm³/mol. The minimum atomic E-state index is -1.17. The number of nitrogens with two attached hydrogens (primary N) is 1. The summed E-state index contributed by atoms with van der Waals surface area (Å²) in [6, 6.07) is 1.45. The van der Waals surface area contributed by atoms with Crippen molar-refractivity contribution in [1.82, 2.24) is 9.55 Å². The molecule has 1 aliphatic rings. The van der Waals surface area contributed by atoms with Crippen LogP contribution in [-0.4, -0.2) is 55.9 Å². The lowest BCUT2D eigenvalue weighted by Crippen LogP contribution is -2.37. The molecule has 0 unspecified atom stereocenters. The van der Waals surface area contributed by atoms with Crippen LogP contribution >= 0.6 is 0 Å². The van der Waals surface area contributed by atoms with E-state index in [0.717, 1.165) is 0 Å². The van der Waals surface area contributed by atoms with Crippen LogP contribution < -0.4 is 11.4 Å². The number of hydrogen-bond donors (Lipinski definition) is 4. The minimum absolute atomic E-state index is 0.0286. The van der Waals surface area contributed by atoms with Crippen LogP contribution in [0.25, 0.3) is 0 Å². The lowest BCUT2D eigenvalue weighted by Gasteiger charge is -2.15. The topological polar surface area (TPSA) is 131 Å². The van der Waals surface area contributed by atoms with Gasteiger partial charge < -0.3 is 25.8 Å². The average Bonchev–Trinajstić information content (AvgIpc) is 2.60. The summed E-state index contributed by atoms with van der Waals surface area (Å²) in [6.45, 7) is -0.371. The van der Waals surface area contributed by atoms with Crippen molar-refractivity contribution in [3.63, 3.8) is 0 Å². The first-order valence-electron chi connectivity index (χ1n) is 5.48. The fraction of sp³-hybridized carbons (Fsp3) is 0.600. The summed E-state index contributed by atoms with van der Waals surface area (Å²) >= 11 is 0. The molecule has 0 bridgehead atoms. The first-order valence-corrected chi connectivity index (χ1v) is 5.48. The van der Waals surface area contributed by atoms with Gasteiger partial charge in [-0.05, 0) is 6.07 Å². The molecule has 1 saturated heterocycles. The third-order valence-corrected chi connectivity index (χ3v) is 2.91. The van der Waals surface area contributed by atoms with E-state index in [9.17, 15) is 15.0 Å². The fourth-order valence-electron chi connectivity index (χ4n) is 1.90. The maximum Gasteiger partial charge on any atom is 0.349 e. The van der Waals surface area contributed by atoms with Crippen molar-refractivity contribution in [3.8, 4) is 0 Å².